The molecule has 4 aromatic rings. The van der Waals surface area contributed by atoms with Crippen LogP contribution in [-0.2, 0) is 13.1 Å². The summed E-state index contributed by atoms with van der Waals surface area (Å²) < 4.78 is 7.71. The third-order valence-corrected chi connectivity index (χ3v) is 5.07. The lowest BCUT2D eigenvalue weighted by atomic mass is 10.1. The Kier molecular flexibility index (Phi) is 4.04. The average Bonchev–Trinajstić information content (AvgIpc) is 3.31. The van der Waals surface area contributed by atoms with Crippen molar-refractivity contribution in [3.63, 3.8) is 0 Å². The normalized spacial score (nSPS) is 13.5. The van der Waals surface area contributed by atoms with E-state index in [-0.39, 0.29) is 6.03 Å². The van der Waals surface area contributed by atoms with E-state index in [9.17, 15) is 4.79 Å². The van der Waals surface area contributed by atoms with Crippen LogP contribution in [-0.4, -0.2) is 37.0 Å². The number of anilines is 1. The van der Waals surface area contributed by atoms with Gasteiger partial charge in [-0.3, -0.25) is 5.32 Å². The molecule has 1 aromatic carbocycles. The van der Waals surface area contributed by atoms with Crippen molar-refractivity contribution >= 4 is 22.6 Å². The van der Waals surface area contributed by atoms with Crippen LogP contribution in [0.1, 0.15) is 17.4 Å². The Balaban J connectivity index is 1.36. The van der Waals surface area contributed by atoms with Crippen molar-refractivity contribution in [1.82, 2.24) is 24.4 Å². The number of carbonyl (C=O) groups excluding carboxylic acids is 1. The maximum absolute atomic E-state index is 12.7. The Morgan fingerprint density at radius 3 is 2.83 bits per heavy atom. The second-order valence-electron chi connectivity index (χ2n) is 7.22. The fourth-order valence-corrected chi connectivity index (χ4v) is 3.61. The molecule has 5 rings (SSSR count). The first kappa shape index (κ1) is 17.4. The fraction of sp³-hybridized carbons (Fsp3) is 0.238. The van der Waals surface area contributed by atoms with Crippen LogP contribution >= 0.6 is 0 Å². The number of fused-ring (bicyclic) bond motifs is 2. The van der Waals surface area contributed by atoms with Gasteiger partial charge in [0, 0.05) is 43.4 Å². The minimum absolute atomic E-state index is 0.175. The number of hydrogen-bond donors (Lipinski definition) is 1. The van der Waals surface area contributed by atoms with Crippen LogP contribution in [0.3, 0.4) is 0 Å². The topological polar surface area (TPSA) is 89.1 Å². The Labute approximate surface area is 167 Å². The molecule has 0 spiro atoms. The van der Waals surface area contributed by atoms with Gasteiger partial charge in [-0.15, -0.1) is 0 Å². The molecule has 8 heteroatoms. The van der Waals surface area contributed by atoms with Crippen LogP contribution in [0, 0.1) is 13.8 Å². The molecular weight excluding hydrogens is 368 g/mol. The van der Waals surface area contributed by atoms with Crippen molar-refractivity contribution in [2.75, 3.05) is 11.9 Å². The van der Waals surface area contributed by atoms with E-state index in [1.165, 1.54) is 0 Å². The maximum atomic E-state index is 12.7. The molecule has 0 radical (unpaired) electrons. The van der Waals surface area contributed by atoms with E-state index in [2.05, 4.69) is 24.8 Å². The molecule has 1 aliphatic rings. The maximum Gasteiger partial charge on any atom is 0.323 e. The summed E-state index contributed by atoms with van der Waals surface area (Å²) in [6, 6.07) is 7.65. The number of amides is 2. The van der Waals surface area contributed by atoms with Crippen LogP contribution in [0.4, 0.5) is 10.6 Å². The molecule has 29 heavy (non-hydrogen) atoms. The van der Waals surface area contributed by atoms with Gasteiger partial charge in [0.05, 0.1) is 18.4 Å². The van der Waals surface area contributed by atoms with Crippen LogP contribution in [0.15, 0.2) is 47.3 Å². The van der Waals surface area contributed by atoms with Gasteiger partial charge in [0.25, 0.3) is 0 Å². The molecule has 0 fully saturated rings. The number of nitrogens with zero attached hydrogens (tertiary/aromatic N) is 5. The monoisotopic (exact) mass is 388 g/mol. The third kappa shape index (κ3) is 3.33. The average molecular weight is 388 g/mol. The molecule has 0 atom stereocenters. The van der Waals surface area contributed by atoms with Crippen molar-refractivity contribution in [2.45, 2.75) is 26.9 Å². The smallest absolute Gasteiger partial charge is 0.323 e. The largest absolute Gasteiger partial charge is 0.441 e. The summed E-state index contributed by atoms with van der Waals surface area (Å²) in [6.07, 6.45) is 5.48. The molecule has 0 bridgehead atoms. The number of aryl methyl sites for hydroxylation is 2. The van der Waals surface area contributed by atoms with Crippen molar-refractivity contribution in [1.29, 1.82) is 0 Å². The minimum Gasteiger partial charge on any atom is -0.441 e. The van der Waals surface area contributed by atoms with Crippen LogP contribution in [0.2, 0.25) is 0 Å². The summed E-state index contributed by atoms with van der Waals surface area (Å²) in [6.45, 7) is 5.65. The van der Waals surface area contributed by atoms with E-state index >= 15 is 0 Å². The zero-order valence-electron chi connectivity index (χ0n) is 16.2. The van der Waals surface area contributed by atoms with E-state index in [1.807, 2.05) is 44.3 Å². The zero-order chi connectivity index (χ0) is 20.0. The molecular formula is C21H20N6O2. The second kappa shape index (κ2) is 6.73. The molecule has 146 valence electrons. The van der Waals surface area contributed by atoms with E-state index in [4.69, 9.17) is 4.42 Å². The van der Waals surface area contributed by atoms with Crippen LogP contribution in [0.5, 0.6) is 0 Å². The molecule has 1 aliphatic heterocycles. The number of oxazole rings is 1. The van der Waals surface area contributed by atoms with Gasteiger partial charge in [-0.25, -0.2) is 19.7 Å². The molecule has 0 saturated carbocycles. The van der Waals surface area contributed by atoms with E-state index in [0.717, 1.165) is 34.4 Å². The summed E-state index contributed by atoms with van der Waals surface area (Å²) in [7, 11) is 0. The van der Waals surface area contributed by atoms with E-state index < -0.39 is 0 Å². The van der Waals surface area contributed by atoms with Gasteiger partial charge in [-0.1, -0.05) is 12.1 Å². The highest BCUT2D eigenvalue weighted by Gasteiger charge is 2.22. The van der Waals surface area contributed by atoms with Gasteiger partial charge in [0.15, 0.2) is 11.7 Å². The standard InChI is InChI=1S/C21H20N6O2/c1-13-11-26-5-6-27(12-20(26)24-13)21(28)25-19-8-17-7-15(3-4-16(17)9-23-19)18-10-22-14(2)29-18/h3-4,7-11H,5-6,12H2,1-2H3,(H,23,25,28). The first-order valence-corrected chi connectivity index (χ1v) is 9.46. The van der Waals surface area contributed by atoms with Crippen molar-refractivity contribution in [3.8, 4) is 11.3 Å². The Bertz CT molecular complexity index is 1230. The summed E-state index contributed by atoms with van der Waals surface area (Å²) in [4.78, 5) is 27.5. The molecule has 1 N–H and O–H groups in total. The Morgan fingerprint density at radius 1 is 1.10 bits per heavy atom. The van der Waals surface area contributed by atoms with Gasteiger partial charge in [-0.2, -0.15) is 0 Å². The summed E-state index contributed by atoms with van der Waals surface area (Å²) in [5.41, 5.74) is 1.90. The predicted octanol–water partition coefficient (Wildman–Crippen LogP) is 3.75. The highest BCUT2D eigenvalue weighted by Crippen LogP contribution is 2.26. The number of nitrogens with one attached hydrogen (secondary N) is 1. The van der Waals surface area contributed by atoms with Crippen molar-refractivity contribution < 1.29 is 9.21 Å². The first-order chi connectivity index (χ1) is 14.0. The summed E-state index contributed by atoms with van der Waals surface area (Å²) >= 11 is 0. The van der Waals surface area contributed by atoms with Gasteiger partial charge in [0.2, 0.25) is 0 Å². The number of benzene rings is 1. The number of carbonyl (C=O) groups is 1. The lowest BCUT2D eigenvalue weighted by Crippen LogP contribution is -2.40. The molecule has 4 heterocycles. The lowest BCUT2D eigenvalue weighted by molar-refractivity contribution is 0.195. The highest BCUT2D eigenvalue weighted by molar-refractivity contribution is 5.93. The number of urea groups is 1. The van der Waals surface area contributed by atoms with Gasteiger partial charge in [0.1, 0.15) is 11.6 Å². The number of rotatable bonds is 2. The van der Waals surface area contributed by atoms with Gasteiger partial charge in [-0.05, 0) is 24.4 Å². The molecule has 8 nitrogen and oxygen atoms in total. The van der Waals surface area contributed by atoms with Gasteiger partial charge >= 0.3 is 6.03 Å². The third-order valence-electron chi connectivity index (χ3n) is 5.07. The lowest BCUT2D eigenvalue weighted by Gasteiger charge is -2.27. The van der Waals surface area contributed by atoms with Gasteiger partial charge < -0.3 is 13.9 Å². The minimum atomic E-state index is -0.175. The molecule has 0 saturated heterocycles. The number of hydrogen-bond acceptors (Lipinski definition) is 5. The van der Waals surface area contributed by atoms with E-state index in [0.29, 0.717) is 30.6 Å². The first-order valence-electron chi connectivity index (χ1n) is 9.46. The zero-order valence-corrected chi connectivity index (χ0v) is 16.2. The SMILES string of the molecule is Cc1cn2c(n1)CN(C(=O)Nc1cc3cc(-c4cnc(C)o4)ccc3cn1)CC2. The van der Waals surface area contributed by atoms with Crippen LogP contribution < -0.4 is 5.32 Å². The summed E-state index contributed by atoms with van der Waals surface area (Å²) in [5.74, 6) is 2.76. The predicted molar refractivity (Wildman–Crippen MR) is 108 cm³/mol. The quantitative estimate of drug-likeness (QED) is 0.565. The molecule has 0 unspecified atom stereocenters. The van der Waals surface area contributed by atoms with Crippen LogP contribution in [0.25, 0.3) is 22.1 Å². The van der Waals surface area contributed by atoms with Crippen molar-refractivity contribution in [2.24, 2.45) is 0 Å². The Morgan fingerprint density at radius 2 is 2.00 bits per heavy atom. The number of pyridine rings is 1. The fourth-order valence-electron chi connectivity index (χ4n) is 3.61. The van der Waals surface area contributed by atoms with E-state index in [1.54, 1.807) is 17.3 Å². The molecule has 0 aliphatic carbocycles. The highest BCUT2D eigenvalue weighted by atomic mass is 16.4. The molecule has 3 aromatic heterocycles. The molecule has 2 amide bonds. The number of imidazole rings is 1. The Hall–Kier alpha value is -3.68. The number of aromatic nitrogens is 4. The van der Waals surface area contributed by atoms with Crippen molar-refractivity contribution in [3.05, 3.63) is 60.3 Å². The second-order valence-corrected chi connectivity index (χ2v) is 7.22. The summed E-state index contributed by atoms with van der Waals surface area (Å²) in [5, 5.41) is 4.86.